The zero-order valence-corrected chi connectivity index (χ0v) is 9.34. The van der Waals surface area contributed by atoms with Crippen LogP contribution in [-0.4, -0.2) is 52.7 Å². The first-order valence-corrected chi connectivity index (χ1v) is 4.78. The highest BCUT2D eigenvalue weighted by Crippen LogP contribution is 1.99. The molecular weight excluding hydrogens is 228 g/mol. The normalized spacial score (nSPS) is 11.1. The lowest BCUT2D eigenvalue weighted by Gasteiger charge is -2.19. The number of carboxylic acids is 2. The smallest absolute Gasteiger partial charge is 0.326 e. The van der Waals surface area contributed by atoms with Crippen molar-refractivity contribution < 1.29 is 24.6 Å². The highest BCUT2D eigenvalue weighted by atomic mass is 16.4. The Morgan fingerprint density at radius 2 is 2.00 bits per heavy atom. The minimum Gasteiger partial charge on any atom is -0.481 e. The van der Waals surface area contributed by atoms with Gasteiger partial charge in [-0.05, 0) is 6.42 Å². The quantitative estimate of drug-likeness (QED) is 0.548. The van der Waals surface area contributed by atoms with Crippen molar-refractivity contribution in [3.8, 4) is 12.3 Å². The Bertz CT molecular complexity index is 347. The van der Waals surface area contributed by atoms with E-state index >= 15 is 0 Å². The predicted octanol–water partition coefficient (Wildman–Crippen LogP) is -0.421. The molecular formula is C10H14N2O5. The number of carbonyl (C=O) groups is 3. The third kappa shape index (κ3) is 6.04. The molecule has 17 heavy (non-hydrogen) atoms. The minimum absolute atomic E-state index is 0.0388. The number of terminal acetylenes is 1. The van der Waals surface area contributed by atoms with Crippen LogP contribution in [0.15, 0.2) is 0 Å². The fraction of sp³-hybridized carbons (Fsp3) is 0.500. The highest BCUT2D eigenvalue weighted by Gasteiger charge is 2.22. The summed E-state index contributed by atoms with van der Waals surface area (Å²) < 4.78 is 0. The van der Waals surface area contributed by atoms with Crippen molar-refractivity contribution in [3.63, 3.8) is 0 Å². The van der Waals surface area contributed by atoms with Gasteiger partial charge in [0.2, 0.25) is 0 Å². The first-order valence-electron chi connectivity index (χ1n) is 4.78. The molecule has 0 aliphatic carbocycles. The minimum atomic E-state index is -1.28. The summed E-state index contributed by atoms with van der Waals surface area (Å²) in [7, 11) is 1.41. The standard InChI is InChI=1S/C10H14N2O5/c1-3-6-12(2)10(17)11-7(9(15)16)4-5-8(13)14/h1,7H,4-6H2,2H3,(H,11,17)(H,13,14)(H,15,16)/t7-/m0/s1. The van der Waals surface area contributed by atoms with Crippen molar-refractivity contribution in [3.05, 3.63) is 0 Å². The van der Waals surface area contributed by atoms with Crippen LogP contribution in [0.5, 0.6) is 0 Å². The molecule has 0 heterocycles. The molecule has 3 N–H and O–H groups in total. The number of carbonyl (C=O) groups excluding carboxylic acids is 1. The van der Waals surface area contributed by atoms with Gasteiger partial charge < -0.3 is 20.4 Å². The first-order chi connectivity index (χ1) is 7.88. The molecule has 94 valence electrons. The van der Waals surface area contributed by atoms with Crippen LogP contribution in [0.3, 0.4) is 0 Å². The second kappa shape index (κ2) is 7.11. The predicted molar refractivity (Wildman–Crippen MR) is 58.3 cm³/mol. The van der Waals surface area contributed by atoms with E-state index in [2.05, 4.69) is 11.2 Å². The van der Waals surface area contributed by atoms with Crippen LogP contribution in [0.25, 0.3) is 0 Å². The molecule has 0 aliphatic rings. The van der Waals surface area contributed by atoms with Gasteiger partial charge in [-0.15, -0.1) is 6.42 Å². The van der Waals surface area contributed by atoms with E-state index in [4.69, 9.17) is 16.6 Å². The summed E-state index contributed by atoms with van der Waals surface area (Å²) in [5.41, 5.74) is 0. The van der Waals surface area contributed by atoms with Gasteiger partial charge in [0.05, 0.1) is 6.54 Å². The third-order valence-corrected chi connectivity index (χ3v) is 1.92. The maximum Gasteiger partial charge on any atom is 0.326 e. The topological polar surface area (TPSA) is 107 Å². The summed E-state index contributed by atoms with van der Waals surface area (Å²) in [6.45, 7) is 0.0388. The van der Waals surface area contributed by atoms with E-state index in [1.807, 2.05) is 0 Å². The van der Waals surface area contributed by atoms with Gasteiger partial charge in [0.25, 0.3) is 0 Å². The Morgan fingerprint density at radius 3 is 2.41 bits per heavy atom. The highest BCUT2D eigenvalue weighted by molar-refractivity contribution is 5.83. The monoisotopic (exact) mass is 242 g/mol. The largest absolute Gasteiger partial charge is 0.481 e. The third-order valence-electron chi connectivity index (χ3n) is 1.92. The Balaban J connectivity index is 4.35. The van der Waals surface area contributed by atoms with E-state index in [9.17, 15) is 14.4 Å². The summed E-state index contributed by atoms with van der Waals surface area (Å²) >= 11 is 0. The number of hydrogen-bond acceptors (Lipinski definition) is 3. The van der Waals surface area contributed by atoms with Gasteiger partial charge in [-0.2, -0.15) is 0 Å². The van der Waals surface area contributed by atoms with Crippen LogP contribution in [0.4, 0.5) is 4.79 Å². The van der Waals surface area contributed by atoms with E-state index in [0.717, 1.165) is 4.90 Å². The molecule has 0 rings (SSSR count). The van der Waals surface area contributed by atoms with Gasteiger partial charge in [0, 0.05) is 13.5 Å². The second-order valence-corrected chi connectivity index (χ2v) is 3.33. The van der Waals surface area contributed by atoms with Gasteiger partial charge >= 0.3 is 18.0 Å². The molecule has 0 saturated heterocycles. The number of carboxylic acid groups (broad SMARTS) is 2. The molecule has 0 fully saturated rings. The van der Waals surface area contributed by atoms with Crippen molar-refractivity contribution in [1.82, 2.24) is 10.2 Å². The SMILES string of the molecule is C#CCN(C)C(=O)N[C@@H](CCC(=O)O)C(=O)O. The number of amides is 2. The Labute approximate surface area is 98.4 Å². The van der Waals surface area contributed by atoms with Crippen molar-refractivity contribution in [2.24, 2.45) is 0 Å². The Kier molecular flexibility index (Phi) is 6.18. The number of hydrogen-bond donors (Lipinski definition) is 3. The molecule has 0 aromatic heterocycles. The van der Waals surface area contributed by atoms with Crippen LogP contribution >= 0.6 is 0 Å². The summed E-state index contributed by atoms with van der Waals surface area (Å²) in [6, 6.07) is -1.89. The zero-order valence-electron chi connectivity index (χ0n) is 9.34. The molecule has 0 bridgehead atoms. The molecule has 0 aliphatic heterocycles. The lowest BCUT2D eigenvalue weighted by Crippen LogP contribution is -2.46. The van der Waals surface area contributed by atoms with Crippen molar-refractivity contribution in [2.45, 2.75) is 18.9 Å². The van der Waals surface area contributed by atoms with Gasteiger partial charge in [-0.25, -0.2) is 9.59 Å². The number of aliphatic carboxylic acids is 2. The Hall–Kier alpha value is -2.23. The fourth-order valence-electron chi connectivity index (χ4n) is 0.993. The molecule has 0 spiro atoms. The molecule has 0 aromatic rings. The van der Waals surface area contributed by atoms with Crippen LogP contribution in [0, 0.1) is 12.3 Å². The van der Waals surface area contributed by atoms with Crippen molar-refractivity contribution in [1.29, 1.82) is 0 Å². The first kappa shape index (κ1) is 14.8. The van der Waals surface area contributed by atoms with E-state index in [0.29, 0.717) is 0 Å². The van der Waals surface area contributed by atoms with Gasteiger partial charge in [0.15, 0.2) is 0 Å². The van der Waals surface area contributed by atoms with Crippen LogP contribution < -0.4 is 5.32 Å². The lowest BCUT2D eigenvalue weighted by molar-refractivity contribution is -0.140. The van der Waals surface area contributed by atoms with Crippen molar-refractivity contribution in [2.75, 3.05) is 13.6 Å². The van der Waals surface area contributed by atoms with E-state index in [1.165, 1.54) is 7.05 Å². The maximum absolute atomic E-state index is 11.4. The summed E-state index contributed by atoms with van der Waals surface area (Å²) in [5.74, 6) is -0.182. The molecule has 7 heteroatoms. The molecule has 0 unspecified atom stereocenters. The maximum atomic E-state index is 11.4. The van der Waals surface area contributed by atoms with E-state index < -0.39 is 24.0 Å². The number of urea groups is 1. The molecule has 0 aromatic carbocycles. The fourth-order valence-corrected chi connectivity index (χ4v) is 0.993. The average Bonchev–Trinajstić information content (AvgIpc) is 2.23. The average molecular weight is 242 g/mol. The number of nitrogens with one attached hydrogen (secondary N) is 1. The number of rotatable bonds is 6. The van der Waals surface area contributed by atoms with E-state index in [-0.39, 0.29) is 19.4 Å². The molecule has 0 saturated carbocycles. The second-order valence-electron chi connectivity index (χ2n) is 3.33. The van der Waals surface area contributed by atoms with Crippen LogP contribution in [0.1, 0.15) is 12.8 Å². The molecule has 1 atom stereocenters. The summed E-state index contributed by atoms with van der Waals surface area (Å²) in [6.07, 6.45) is 4.47. The van der Waals surface area contributed by atoms with Crippen LogP contribution in [0.2, 0.25) is 0 Å². The Morgan fingerprint density at radius 1 is 1.41 bits per heavy atom. The summed E-state index contributed by atoms with van der Waals surface area (Å²) in [4.78, 5) is 33.6. The van der Waals surface area contributed by atoms with Crippen molar-refractivity contribution >= 4 is 18.0 Å². The van der Waals surface area contributed by atoms with Gasteiger partial charge in [-0.3, -0.25) is 4.79 Å². The van der Waals surface area contributed by atoms with E-state index in [1.54, 1.807) is 0 Å². The molecule has 0 radical (unpaired) electrons. The lowest BCUT2D eigenvalue weighted by atomic mass is 10.1. The van der Waals surface area contributed by atoms with Gasteiger partial charge in [0.1, 0.15) is 6.04 Å². The van der Waals surface area contributed by atoms with Gasteiger partial charge in [-0.1, -0.05) is 5.92 Å². The summed E-state index contributed by atoms with van der Waals surface area (Å²) in [5, 5.41) is 19.4. The van der Waals surface area contributed by atoms with Crippen LogP contribution in [-0.2, 0) is 9.59 Å². The molecule has 7 nitrogen and oxygen atoms in total. The zero-order chi connectivity index (χ0) is 13.4. The number of nitrogens with zero attached hydrogens (tertiary/aromatic N) is 1. The molecule has 2 amide bonds.